The summed E-state index contributed by atoms with van der Waals surface area (Å²) in [7, 11) is 4.64. The third-order valence-corrected chi connectivity index (χ3v) is 3.31. The van der Waals surface area contributed by atoms with E-state index in [1.165, 1.54) is 7.11 Å². The first-order valence-corrected chi connectivity index (χ1v) is 7.08. The highest BCUT2D eigenvalue weighted by atomic mass is 16.5. The van der Waals surface area contributed by atoms with Crippen LogP contribution in [0.25, 0.3) is 0 Å². The second-order valence-electron chi connectivity index (χ2n) is 4.65. The fraction of sp³-hybridized carbons (Fsp3) is 0.500. The SMILES string of the molecule is CC[C@H](C#N)NC(=O)CCc1ccc(OC)c(OC)c1OC. The van der Waals surface area contributed by atoms with Crippen LogP contribution in [0.4, 0.5) is 0 Å². The average molecular weight is 306 g/mol. The largest absolute Gasteiger partial charge is 0.493 e. The molecular weight excluding hydrogens is 284 g/mol. The van der Waals surface area contributed by atoms with Crippen LogP contribution in [-0.4, -0.2) is 33.3 Å². The van der Waals surface area contributed by atoms with Crippen LogP contribution in [0.5, 0.6) is 17.2 Å². The Morgan fingerprint density at radius 2 is 1.91 bits per heavy atom. The van der Waals surface area contributed by atoms with E-state index in [0.717, 1.165) is 5.56 Å². The molecule has 1 rings (SSSR count). The van der Waals surface area contributed by atoms with Crippen molar-refractivity contribution in [3.8, 4) is 23.3 Å². The van der Waals surface area contributed by atoms with Gasteiger partial charge in [-0.2, -0.15) is 5.26 Å². The zero-order valence-corrected chi connectivity index (χ0v) is 13.4. The number of carbonyl (C=O) groups is 1. The Balaban J connectivity index is 2.82. The Bertz CT molecular complexity index is 552. The van der Waals surface area contributed by atoms with Crippen LogP contribution in [0, 0.1) is 11.3 Å². The van der Waals surface area contributed by atoms with Gasteiger partial charge < -0.3 is 19.5 Å². The van der Waals surface area contributed by atoms with E-state index in [9.17, 15) is 4.79 Å². The van der Waals surface area contributed by atoms with Crippen molar-refractivity contribution in [1.29, 1.82) is 5.26 Å². The number of nitrogens with one attached hydrogen (secondary N) is 1. The van der Waals surface area contributed by atoms with Crippen molar-refractivity contribution < 1.29 is 19.0 Å². The van der Waals surface area contributed by atoms with Crippen molar-refractivity contribution in [2.45, 2.75) is 32.2 Å². The topological polar surface area (TPSA) is 80.6 Å². The van der Waals surface area contributed by atoms with Crippen LogP contribution >= 0.6 is 0 Å². The number of benzene rings is 1. The van der Waals surface area contributed by atoms with E-state index >= 15 is 0 Å². The molecule has 0 heterocycles. The van der Waals surface area contributed by atoms with E-state index < -0.39 is 6.04 Å². The summed E-state index contributed by atoms with van der Waals surface area (Å²) in [5, 5.41) is 11.5. The van der Waals surface area contributed by atoms with Gasteiger partial charge in [0.2, 0.25) is 11.7 Å². The molecule has 1 aromatic carbocycles. The molecule has 0 aliphatic rings. The number of ether oxygens (including phenoxy) is 3. The van der Waals surface area contributed by atoms with E-state index in [0.29, 0.717) is 30.1 Å². The lowest BCUT2D eigenvalue weighted by Crippen LogP contribution is -2.33. The first kappa shape index (κ1) is 17.6. The number of amides is 1. The van der Waals surface area contributed by atoms with Crippen LogP contribution < -0.4 is 19.5 Å². The van der Waals surface area contributed by atoms with Gasteiger partial charge in [-0.05, 0) is 24.5 Å². The van der Waals surface area contributed by atoms with Crippen molar-refractivity contribution in [2.75, 3.05) is 21.3 Å². The summed E-state index contributed by atoms with van der Waals surface area (Å²) in [5.41, 5.74) is 0.848. The number of nitrogens with zero attached hydrogens (tertiary/aromatic N) is 1. The number of rotatable bonds is 8. The molecule has 0 aromatic heterocycles. The highest BCUT2D eigenvalue weighted by Gasteiger charge is 2.17. The number of methoxy groups -OCH3 is 3. The van der Waals surface area contributed by atoms with Crippen LogP contribution in [0.15, 0.2) is 12.1 Å². The van der Waals surface area contributed by atoms with Crippen molar-refractivity contribution in [2.24, 2.45) is 0 Å². The molecule has 0 radical (unpaired) electrons. The minimum Gasteiger partial charge on any atom is -0.493 e. The second kappa shape index (κ2) is 8.78. The summed E-state index contributed by atoms with van der Waals surface area (Å²) < 4.78 is 15.9. The van der Waals surface area contributed by atoms with Gasteiger partial charge in [-0.1, -0.05) is 13.0 Å². The predicted molar refractivity (Wildman–Crippen MR) is 82.3 cm³/mol. The van der Waals surface area contributed by atoms with Crippen LogP contribution in [0.3, 0.4) is 0 Å². The molecule has 0 unspecified atom stereocenters. The molecule has 1 aromatic rings. The standard InChI is InChI=1S/C16H22N2O4/c1-5-12(10-17)18-14(19)9-7-11-6-8-13(20-2)16(22-4)15(11)21-3/h6,8,12H,5,7,9H2,1-4H3,(H,18,19)/t12-/m1/s1. The third-order valence-electron chi connectivity index (χ3n) is 3.31. The molecule has 6 nitrogen and oxygen atoms in total. The minimum atomic E-state index is -0.445. The van der Waals surface area contributed by atoms with Crippen molar-refractivity contribution in [1.82, 2.24) is 5.32 Å². The molecule has 120 valence electrons. The first-order chi connectivity index (χ1) is 10.6. The van der Waals surface area contributed by atoms with E-state index in [2.05, 4.69) is 5.32 Å². The van der Waals surface area contributed by atoms with E-state index in [1.54, 1.807) is 20.3 Å². The molecule has 0 aliphatic heterocycles. The van der Waals surface area contributed by atoms with E-state index in [4.69, 9.17) is 19.5 Å². The zero-order valence-electron chi connectivity index (χ0n) is 13.4. The van der Waals surface area contributed by atoms with Gasteiger partial charge >= 0.3 is 0 Å². The van der Waals surface area contributed by atoms with Crippen molar-refractivity contribution >= 4 is 5.91 Å². The van der Waals surface area contributed by atoms with Crippen LogP contribution in [0.2, 0.25) is 0 Å². The lowest BCUT2D eigenvalue weighted by molar-refractivity contribution is -0.121. The van der Waals surface area contributed by atoms with Gasteiger partial charge in [0.15, 0.2) is 11.5 Å². The third kappa shape index (κ3) is 4.29. The zero-order chi connectivity index (χ0) is 16.5. The Morgan fingerprint density at radius 1 is 1.23 bits per heavy atom. The van der Waals surface area contributed by atoms with Gasteiger partial charge in [0.25, 0.3) is 0 Å². The van der Waals surface area contributed by atoms with Crippen LogP contribution in [0.1, 0.15) is 25.3 Å². The van der Waals surface area contributed by atoms with Gasteiger partial charge in [-0.25, -0.2) is 0 Å². The molecule has 0 fully saturated rings. The molecule has 0 saturated heterocycles. The molecule has 0 saturated carbocycles. The van der Waals surface area contributed by atoms with Gasteiger partial charge in [-0.15, -0.1) is 0 Å². The smallest absolute Gasteiger partial charge is 0.221 e. The van der Waals surface area contributed by atoms with Gasteiger partial charge in [-0.3, -0.25) is 4.79 Å². The Morgan fingerprint density at radius 3 is 2.41 bits per heavy atom. The fourth-order valence-electron chi connectivity index (χ4n) is 2.10. The monoisotopic (exact) mass is 306 g/mol. The number of carbonyl (C=O) groups excluding carboxylic acids is 1. The fourth-order valence-corrected chi connectivity index (χ4v) is 2.10. The summed E-state index contributed by atoms with van der Waals surface area (Å²) in [6.45, 7) is 1.85. The number of nitriles is 1. The van der Waals surface area contributed by atoms with E-state index in [-0.39, 0.29) is 12.3 Å². The number of hydrogen-bond acceptors (Lipinski definition) is 5. The summed E-state index contributed by atoms with van der Waals surface area (Å²) in [6, 6.07) is 5.22. The maximum absolute atomic E-state index is 11.9. The molecule has 1 N–H and O–H groups in total. The molecule has 0 spiro atoms. The highest BCUT2D eigenvalue weighted by molar-refractivity contribution is 5.77. The Kier molecular flexibility index (Phi) is 7.03. The molecule has 6 heteroatoms. The normalized spacial score (nSPS) is 11.2. The van der Waals surface area contributed by atoms with Gasteiger partial charge in [0.1, 0.15) is 6.04 Å². The van der Waals surface area contributed by atoms with Crippen molar-refractivity contribution in [3.63, 3.8) is 0 Å². The summed E-state index contributed by atoms with van der Waals surface area (Å²) in [6.07, 6.45) is 1.34. The summed E-state index contributed by atoms with van der Waals surface area (Å²) in [5.74, 6) is 1.47. The average Bonchev–Trinajstić information content (AvgIpc) is 2.56. The Hall–Kier alpha value is -2.42. The molecule has 22 heavy (non-hydrogen) atoms. The van der Waals surface area contributed by atoms with Crippen molar-refractivity contribution in [3.05, 3.63) is 17.7 Å². The maximum Gasteiger partial charge on any atom is 0.221 e. The lowest BCUT2D eigenvalue weighted by atomic mass is 10.1. The molecule has 0 aliphatic carbocycles. The second-order valence-corrected chi connectivity index (χ2v) is 4.65. The van der Waals surface area contributed by atoms with E-state index in [1.807, 2.05) is 19.1 Å². The predicted octanol–water partition coefficient (Wildman–Crippen LogP) is 2.06. The molecule has 0 bridgehead atoms. The summed E-state index contributed by atoms with van der Waals surface area (Å²) in [4.78, 5) is 11.9. The summed E-state index contributed by atoms with van der Waals surface area (Å²) >= 11 is 0. The Labute approximate surface area is 131 Å². The number of hydrogen-bond donors (Lipinski definition) is 1. The first-order valence-electron chi connectivity index (χ1n) is 7.08. The molecular formula is C16H22N2O4. The van der Waals surface area contributed by atoms with Crippen LogP contribution in [-0.2, 0) is 11.2 Å². The quantitative estimate of drug-likeness (QED) is 0.795. The van der Waals surface area contributed by atoms with Gasteiger partial charge in [0, 0.05) is 6.42 Å². The molecule has 1 atom stereocenters. The maximum atomic E-state index is 11.9. The lowest BCUT2D eigenvalue weighted by Gasteiger charge is -2.16. The van der Waals surface area contributed by atoms with Gasteiger partial charge in [0.05, 0.1) is 27.4 Å². The molecule has 1 amide bonds. The highest BCUT2D eigenvalue weighted by Crippen LogP contribution is 2.40. The minimum absolute atomic E-state index is 0.162. The number of aryl methyl sites for hydroxylation is 1.